The van der Waals surface area contributed by atoms with Gasteiger partial charge in [-0.25, -0.2) is 0 Å². The average molecular weight is 257 g/mol. The summed E-state index contributed by atoms with van der Waals surface area (Å²) in [6.07, 6.45) is -3.78. The Labute approximate surface area is 98.3 Å². The van der Waals surface area contributed by atoms with Crippen LogP contribution < -0.4 is 0 Å². The number of carbonyl (C=O) groups is 1. The maximum absolute atomic E-state index is 11.7. The first kappa shape index (κ1) is 16.2. The van der Waals surface area contributed by atoms with E-state index in [4.69, 9.17) is 5.11 Å². The molecule has 7 heteroatoms. The number of alkyl halides is 3. The summed E-state index contributed by atoms with van der Waals surface area (Å²) >= 11 is 0. The largest absolute Gasteiger partial charge is 0.481 e. The van der Waals surface area contributed by atoms with Crippen molar-refractivity contribution >= 4 is 5.97 Å². The molecule has 0 unspecified atom stereocenters. The molecule has 17 heavy (non-hydrogen) atoms. The van der Waals surface area contributed by atoms with Crippen LogP contribution in [0.1, 0.15) is 19.8 Å². The second kappa shape index (κ2) is 8.30. The minimum atomic E-state index is -4.28. The zero-order valence-corrected chi connectivity index (χ0v) is 9.79. The highest BCUT2D eigenvalue weighted by molar-refractivity contribution is 5.66. The number of aliphatic carboxylic acids is 1. The Bertz CT molecular complexity index is 221. The lowest BCUT2D eigenvalue weighted by atomic mass is 10.3. The summed E-state index contributed by atoms with van der Waals surface area (Å²) in [4.78, 5) is 12.2. The maximum atomic E-state index is 11.7. The zero-order chi connectivity index (χ0) is 13.3. The lowest BCUT2D eigenvalue weighted by Gasteiger charge is -2.19. The summed E-state index contributed by atoms with van der Waals surface area (Å²) in [6, 6.07) is 0. The third kappa shape index (κ3) is 11.4. The van der Waals surface area contributed by atoms with Gasteiger partial charge in [-0.05, 0) is 13.0 Å². The van der Waals surface area contributed by atoms with Crippen molar-refractivity contribution in [2.24, 2.45) is 0 Å². The molecule has 0 aliphatic rings. The summed E-state index contributed by atoms with van der Waals surface area (Å²) in [5, 5.41) is 8.48. The van der Waals surface area contributed by atoms with Gasteiger partial charge in [-0.2, -0.15) is 13.2 Å². The molecule has 0 aliphatic heterocycles. The van der Waals surface area contributed by atoms with Crippen LogP contribution in [0.15, 0.2) is 0 Å². The highest BCUT2D eigenvalue weighted by atomic mass is 19.4. The van der Waals surface area contributed by atoms with Crippen LogP contribution in [0.4, 0.5) is 13.2 Å². The first-order valence-electron chi connectivity index (χ1n) is 5.43. The molecule has 0 aromatic carbocycles. The van der Waals surface area contributed by atoms with Gasteiger partial charge in [-0.15, -0.1) is 0 Å². The number of hydrogen-bond acceptors (Lipinski definition) is 3. The third-order valence-electron chi connectivity index (χ3n) is 2.12. The Kier molecular flexibility index (Phi) is 7.90. The number of hydrogen-bond donors (Lipinski definition) is 1. The molecule has 0 aliphatic carbocycles. The van der Waals surface area contributed by atoms with E-state index in [1.54, 1.807) is 0 Å². The summed E-state index contributed by atoms with van der Waals surface area (Å²) in [5.41, 5.74) is 0. The smallest absolute Gasteiger partial charge is 0.411 e. The average Bonchev–Trinajstić information content (AvgIpc) is 2.20. The van der Waals surface area contributed by atoms with Crippen molar-refractivity contribution < 1.29 is 27.8 Å². The Morgan fingerprint density at radius 2 is 2.00 bits per heavy atom. The molecule has 0 bridgehead atoms. The molecule has 0 aromatic heterocycles. The number of ether oxygens (including phenoxy) is 1. The van der Waals surface area contributed by atoms with Crippen LogP contribution in [0.2, 0.25) is 0 Å². The Balaban J connectivity index is 3.53. The van der Waals surface area contributed by atoms with E-state index in [0.717, 1.165) is 0 Å². The van der Waals surface area contributed by atoms with Gasteiger partial charge in [0, 0.05) is 19.7 Å². The SMILES string of the molecule is CCN(CCCOCC(F)(F)F)CCC(=O)O. The lowest BCUT2D eigenvalue weighted by Crippen LogP contribution is -2.28. The van der Waals surface area contributed by atoms with E-state index in [1.807, 2.05) is 11.8 Å². The van der Waals surface area contributed by atoms with E-state index in [9.17, 15) is 18.0 Å². The summed E-state index contributed by atoms with van der Waals surface area (Å²) < 4.78 is 39.6. The standard InChI is InChI=1S/C10H18F3NO3/c1-2-14(6-4-9(15)16)5-3-7-17-8-10(11,12)13/h2-8H2,1H3,(H,15,16). The summed E-state index contributed by atoms with van der Waals surface area (Å²) in [5.74, 6) is -0.878. The highest BCUT2D eigenvalue weighted by Crippen LogP contribution is 2.14. The third-order valence-corrected chi connectivity index (χ3v) is 2.12. The van der Waals surface area contributed by atoms with Gasteiger partial charge in [0.15, 0.2) is 0 Å². The zero-order valence-electron chi connectivity index (χ0n) is 9.79. The molecule has 0 radical (unpaired) electrons. The van der Waals surface area contributed by atoms with Gasteiger partial charge in [0.05, 0.1) is 6.42 Å². The van der Waals surface area contributed by atoms with Crippen LogP contribution in [0.5, 0.6) is 0 Å². The van der Waals surface area contributed by atoms with Crippen LogP contribution >= 0.6 is 0 Å². The normalized spacial score (nSPS) is 12.1. The predicted molar refractivity (Wildman–Crippen MR) is 55.9 cm³/mol. The van der Waals surface area contributed by atoms with E-state index in [2.05, 4.69) is 4.74 Å². The number of carboxylic acids is 1. The molecule has 0 atom stereocenters. The molecular formula is C10H18F3NO3. The topological polar surface area (TPSA) is 49.8 Å². The van der Waals surface area contributed by atoms with Gasteiger partial charge >= 0.3 is 12.1 Å². The van der Waals surface area contributed by atoms with E-state index in [-0.39, 0.29) is 13.0 Å². The molecule has 0 saturated heterocycles. The van der Waals surface area contributed by atoms with Crippen LogP contribution in [-0.2, 0) is 9.53 Å². The second-order valence-corrected chi connectivity index (χ2v) is 3.60. The molecule has 0 aromatic rings. The fourth-order valence-corrected chi connectivity index (χ4v) is 1.26. The van der Waals surface area contributed by atoms with Crippen molar-refractivity contribution in [2.75, 3.05) is 32.8 Å². The summed E-state index contributed by atoms with van der Waals surface area (Å²) in [7, 11) is 0. The molecule has 0 heterocycles. The minimum Gasteiger partial charge on any atom is -0.481 e. The first-order valence-corrected chi connectivity index (χ1v) is 5.43. The van der Waals surface area contributed by atoms with Crippen LogP contribution in [0.3, 0.4) is 0 Å². The number of rotatable bonds is 9. The fraction of sp³-hybridized carbons (Fsp3) is 0.900. The molecule has 0 spiro atoms. The van der Waals surface area contributed by atoms with Crippen LogP contribution in [-0.4, -0.2) is 55.0 Å². The molecular weight excluding hydrogens is 239 g/mol. The molecule has 4 nitrogen and oxygen atoms in total. The molecule has 1 N–H and O–H groups in total. The first-order chi connectivity index (χ1) is 7.85. The lowest BCUT2D eigenvalue weighted by molar-refractivity contribution is -0.174. The van der Waals surface area contributed by atoms with Crippen molar-refractivity contribution in [3.05, 3.63) is 0 Å². The van der Waals surface area contributed by atoms with Crippen molar-refractivity contribution in [2.45, 2.75) is 25.9 Å². The van der Waals surface area contributed by atoms with E-state index < -0.39 is 18.8 Å². The second-order valence-electron chi connectivity index (χ2n) is 3.60. The van der Waals surface area contributed by atoms with Gasteiger partial charge in [-0.3, -0.25) is 4.79 Å². The Hall–Kier alpha value is -0.820. The minimum absolute atomic E-state index is 0.0308. The molecule has 0 saturated carbocycles. The highest BCUT2D eigenvalue weighted by Gasteiger charge is 2.27. The molecule has 102 valence electrons. The summed E-state index contributed by atoms with van der Waals surface area (Å²) in [6.45, 7) is 2.30. The maximum Gasteiger partial charge on any atom is 0.411 e. The van der Waals surface area contributed by atoms with E-state index in [0.29, 0.717) is 26.1 Å². The van der Waals surface area contributed by atoms with Gasteiger partial charge in [0.2, 0.25) is 0 Å². The monoisotopic (exact) mass is 257 g/mol. The van der Waals surface area contributed by atoms with Gasteiger partial charge in [0.1, 0.15) is 6.61 Å². The predicted octanol–water partition coefficient (Wildman–Crippen LogP) is 1.75. The van der Waals surface area contributed by atoms with Crippen molar-refractivity contribution in [3.8, 4) is 0 Å². The Morgan fingerprint density at radius 3 is 2.47 bits per heavy atom. The van der Waals surface area contributed by atoms with Gasteiger partial charge in [0.25, 0.3) is 0 Å². The number of halogens is 3. The fourth-order valence-electron chi connectivity index (χ4n) is 1.26. The van der Waals surface area contributed by atoms with E-state index in [1.165, 1.54) is 0 Å². The van der Waals surface area contributed by atoms with Crippen molar-refractivity contribution in [1.29, 1.82) is 0 Å². The molecule has 0 fully saturated rings. The number of carboxylic acid groups (broad SMARTS) is 1. The van der Waals surface area contributed by atoms with Crippen molar-refractivity contribution in [1.82, 2.24) is 4.90 Å². The molecule has 0 rings (SSSR count). The van der Waals surface area contributed by atoms with Crippen LogP contribution in [0.25, 0.3) is 0 Å². The number of nitrogens with zero attached hydrogens (tertiary/aromatic N) is 1. The van der Waals surface area contributed by atoms with Crippen LogP contribution in [0, 0.1) is 0 Å². The molecule has 0 amide bonds. The quantitative estimate of drug-likeness (QED) is 0.639. The van der Waals surface area contributed by atoms with Crippen molar-refractivity contribution in [3.63, 3.8) is 0 Å². The van der Waals surface area contributed by atoms with Gasteiger partial charge < -0.3 is 14.7 Å². The van der Waals surface area contributed by atoms with E-state index >= 15 is 0 Å². The Morgan fingerprint density at radius 1 is 1.35 bits per heavy atom. The van der Waals surface area contributed by atoms with Gasteiger partial charge in [-0.1, -0.05) is 6.92 Å².